The Morgan fingerprint density at radius 3 is 2.80 bits per heavy atom. The van der Waals surface area contributed by atoms with Gasteiger partial charge in [0.05, 0.1) is 0 Å². The van der Waals surface area contributed by atoms with Crippen molar-refractivity contribution >= 4 is 6.09 Å². The number of carbonyl (C=O) groups is 1. The van der Waals surface area contributed by atoms with Gasteiger partial charge < -0.3 is 10.1 Å². The molecule has 1 aromatic carbocycles. The predicted molar refractivity (Wildman–Crippen MR) is 82.4 cm³/mol. The molecule has 0 radical (unpaired) electrons. The van der Waals surface area contributed by atoms with E-state index in [4.69, 9.17) is 4.74 Å². The molecule has 1 atom stereocenters. The molecular formula is C17H23NO2. The van der Waals surface area contributed by atoms with Crippen molar-refractivity contribution in [2.75, 3.05) is 0 Å². The van der Waals surface area contributed by atoms with Crippen LogP contribution in [0.3, 0.4) is 0 Å². The van der Waals surface area contributed by atoms with Gasteiger partial charge in [0.15, 0.2) is 0 Å². The number of hydrogen-bond acceptors (Lipinski definition) is 2. The van der Waals surface area contributed by atoms with Crippen LogP contribution in [0.1, 0.15) is 31.7 Å². The third-order valence-corrected chi connectivity index (χ3v) is 2.81. The van der Waals surface area contributed by atoms with Gasteiger partial charge >= 0.3 is 6.09 Å². The van der Waals surface area contributed by atoms with Gasteiger partial charge in [0.2, 0.25) is 0 Å². The average Bonchev–Trinajstić information content (AvgIpc) is 2.46. The van der Waals surface area contributed by atoms with E-state index < -0.39 is 0 Å². The van der Waals surface area contributed by atoms with E-state index in [1.54, 1.807) is 0 Å². The van der Waals surface area contributed by atoms with E-state index in [9.17, 15) is 4.79 Å². The zero-order valence-electron chi connectivity index (χ0n) is 12.0. The van der Waals surface area contributed by atoms with Crippen LogP contribution in [-0.4, -0.2) is 12.1 Å². The number of alkyl carbamates (subject to hydrolysis) is 1. The quantitative estimate of drug-likeness (QED) is 0.720. The summed E-state index contributed by atoms with van der Waals surface area (Å²) in [6.45, 7) is 5.93. The Kier molecular flexibility index (Phi) is 7.89. The highest BCUT2D eigenvalue weighted by Crippen LogP contribution is 2.02. The van der Waals surface area contributed by atoms with E-state index in [1.165, 1.54) is 0 Å². The fraction of sp³-hybridized carbons (Fsp3) is 0.353. The minimum Gasteiger partial charge on any atom is -0.445 e. The molecule has 1 unspecified atom stereocenters. The van der Waals surface area contributed by atoms with Crippen molar-refractivity contribution in [3.05, 3.63) is 60.7 Å². The molecule has 1 N–H and O–H groups in total. The van der Waals surface area contributed by atoms with Crippen molar-refractivity contribution in [3.8, 4) is 0 Å². The molecule has 0 heterocycles. The number of benzene rings is 1. The zero-order valence-corrected chi connectivity index (χ0v) is 12.0. The van der Waals surface area contributed by atoms with Gasteiger partial charge in [-0.1, -0.05) is 48.6 Å². The average molecular weight is 273 g/mol. The topological polar surface area (TPSA) is 38.3 Å². The predicted octanol–water partition coefficient (Wildman–Crippen LogP) is 4.21. The van der Waals surface area contributed by atoms with E-state index in [2.05, 4.69) is 24.0 Å². The van der Waals surface area contributed by atoms with E-state index in [-0.39, 0.29) is 12.1 Å². The van der Waals surface area contributed by atoms with Crippen molar-refractivity contribution in [2.24, 2.45) is 0 Å². The van der Waals surface area contributed by atoms with Crippen LogP contribution in [0.25, 0.3) is 0 Å². The molecular weight excluding hydrogens is 250 g/mol. The lowest BCUT2D eigenvalue weighted by atomic mass is 10.1. The summed E-state index contributed by atoms with van der Waals surface area (Å²) in [6, 6.07) is 9.75. The summed E-state index contributed by atoms with van der Waals surface area (Å²) >= 11 is 0. The molecule has 1 aromatic rings. The molecule has 0 aliphatic heterocycles. The van der Waals surface area contributed by atoms with Gasteiger partial charge in [-0.05, 0) is 31.7 Å². The maximum atomic E-state index is 11.6. The second-order valence-electron chi connectivity index (χ2n) is 4.68. The van der Waals surface area contributed by atoms with Crippen LogP contribution in [0.15, 0.2) is 55.1 Å². The molecule has 3 heteroatoms. The lowest BCUT2D eigenvalue weighted by molar-refractivity contribution is 0.136. The van der Waals surface area contributed by atoms with Crippen molar-refractivity contribution in [1.29, 1.82) is 0 Å². The Labute approximate surface area is 121 Å². The fourth-order valence-electron chi connectivity index (χ4n) is 1.69. The molecule has 0 aliphatic rings. The van der Waals surface area contributed by atoms with Crippen LogP contribution in [-0.2, 0) is 11.3 Å². The van der Waals surface area contributed by atoms with E-state index in [1.807, 2.05) is 43.3 Å². The molecule has 3 nitrogen and oxygen atoms in total. The van der Waals surface area contributed by atoms with Gasteiger partial charge in [0.1, 0.15) is 6.61 Å². The monoisotopic (exact) mass is 273 g/mol. The number of allylic oxidation sites excluding steroid dienone is 3. The highest BCUT2D eigenvalue weighted by Gasteiger charge is 2.07. The number of carbonyl (C=O) groups excluding carboxylic acids is 1. The molecule has 0 saturated heterocycles. The van der Waals surface area contributed by atoms with Gasteiger partial charge in [0.25, 0.3) is 0 Å². The molecule has 0 saturated carbocycles. The number of nitrogens with one attached hydrogen (secondary N) is 1. The zero-order chi connectivity index (χ0) is 14.6. The van der Waals surface area contributed by atoms with Gasteiger partial charge in [-0.2, -0.15) is 0 Å². The number of hydrogen-bond donors (Lipinski definition) is 1. The molecule has 20 heavy (non-hydrogen) atoms. The SMILES string of the molecule is C=CCC=CCCC(C)NC(=O)OCc1ccccc1. The van der Waals surface area contributed by atoms with Gasteiger partial charge in [0, 0.05) is 6.04 Å². The van der Waals surface area contributed by atoms with Gasteiger partial charge in [-0.3, -0.25) is 0 Å². The summed E-state index contributed by atoms with van der Waals surface area (Å²) in [5.41, 5.74) is 0.989. The molecule has 0 aliphatic carbocycles. The Balaban J connectivity index is 2.16. The summed E-state index contributed by atoms with van der Waals surface area (Å²) in [5.74, 6) is 0. The molecule has 0 aromatic heterocycles. The number of rotatable bonds is 8. The molecule has 0 spiro atoms. The first-order valence-electron chi connectivity index (χ1n) is 6.95. The number of amides is 1. The highest BCUT2D eigenvalue weighted by atomic mass is 16.5. The normalized spacial score (nSPS) is 12.1. The Morgan fingerprint density at radius 1 is 1.35 bits per heavy atom. The van der Waals surface area contributed by atoms with Crippen molar-refractivity contribution in [3.63, 3.8) is 0 Å². The smallest absolute Gasteiger partial charge is 0.407 e. The van der Waals surface area contributed by atoms with Crippen LogP contribution in [0.5, 0.6) is 0 Å². The van der Waals surface area contributed by atoms with Crippen molar-refractivity contribution in [2.45, 2.75) is 38.8 Å². The first-order chi connectivity index (χ1) is 9.72. The lowest BCUT2D eigenvalue weighted by Gasteiger charge is -2.13. The Morgan fingerprint density at radius 2 is 2.10 bits per heavy atom. The lowest BCUT2D eigenvalue weighted by Crippen LogP contribution is -2.32. The standard InChI is InChI=1S/C17H23NO2/c1-3-4-5-6-8-11-15(2)18-17(19)20-14-16-12-9-7-10-13-16/h3,5-7,9-10,12-13,15H,1,4,8,11,14H2,2H3,(H,18,19). The van der Waals surface area contributed by atoms with Crippen molar-refractivity contribution in [1.82, 2.24) is 5.32 Å². The summed E-state index contributed by atoms with van der Waals surface area (Å²) in [5, 5.41) is 2.83. The minimum absolute atomic E-state index is 0.103. The maximum absolute atomic E-state index is 11.6. The highest BCUT2D eigenvalue weighted by molar-refractivity contribution is 5.67. The first-order valence-corrected chi connectivity index (χ1v) is 6.95. The van der Waals surface area contributed by atoms with Gasteiger partial charge in [-0.15, -0.1) is 6.58 Å². The minimum atomic E-state index is -0.364. The van der Waals surface area contributed by atoms with Crippen LogP contribution < -0.4 is 5.32 Å². The Bertz CT molecular complexity index is 426. The third-order valence-electron chi connectivity index (χ3n) is 2.81. The molecule has 1 amide bonds. The van der Waals surface area contributed by atoms with Crippen molar-refractivity contribution < 1.29 is 9.53 Å². The van der Waals surface area contributed by atoms with E-state index in [0.717, 1.165) is 24.8 Å². The number of ether oxygens (including phenoxy) is 1. The van der Waals surface area contributed by atoms with Crippen LogP contribution in [0.4, 0.5) is 4.79 Å². The fourth-order valence-corrected chi connectivity index (χ4v) is 1.69. The molecule has 1 rings (SSSR count). The second kappa shape index (κ2) is 9.84. The summed E-state index contributed by atoms with van der Waals surface area (Å²) < 4.78 is 5.16. The molecule has 0 bridgehead atoms. The molecule has 0 fully saturated rings. The molecule has 108 valence electrons. The van der Waals surface area contributed by atoms with E-state index in [0.29, 0.717) is 6.61 Å². The second-order valence-corrected chi connectivity index (χ2v) is 4.68. The van der Waals surface area contributed by atoms with Crippen LogP contribution in [0, 0.1) is 0 Å². The summed E-state index contributed by atoms with van der Waals surface area (Å²) in [7, 11) is 0. The summed E-state index contributed by atoms with van der Waals surface area (Å²) in [6.07, 6.45) is 8.40. The van der Waals surface area contributed by atoms with Crippen LogP contribution in [0.2, 0.25) is 0 Å². The largest absolute Gasteiger partial charge is 0.445 e. The summed E-state index contributed by atoms with van der Waals surface area (Å²) in [4.78, 5) is 11.6. The third kappa shape index (κ3) is 7.41. The van der Waals surface area contributed by atoms with Crippen LogP contribution >= 0.6 is 0 Å². The Hall–Kier alpha value is -2.03. The van der Waals surface area contributed by atoms with Gasteiger partial charge in [-0.25, -0.2) is 4.79 Å². The van der Waals surface area contributed by atoms with E-state index >= 15 is 0 Å². The first kappa shape index (κ1) is 16.0. The maximum Gasteiger partial charge on any atom is 0.407 e.